The van der Waals surface area contributed by atoms with Crippen LogP contribution in [0.4, 0.5) is 0 Å². The van der Waals surface area contributed by atoms with Gasteiger partial charge in [-0.05, 0) is 45.8 Å². The Morgan fingerprint density at radius 1 is 1.25 bits per heavy atom. The van der Waals surface area contributed by atoms with Gasteiger partial charge in [0, 0.05) is 0 Å². The second-order valence-electron chi connectivity index (χ2n) is 4.36. The lowest BCUT2D eigenvalue weighted by atomic mass is 10.1. The molecule has 4 nitrogen and oxygen atoms in total. The van der Waals surface area contributed by atoms with Crippen LogP contribution in [0.25, 0.3) is 0 Å². The largest absolute Gasteiger partial charge is 0.491 e. The fourth-order valence-electron chi connectivity index (χ4n) is 2.06. The van der Waals surface area contributed by atoms with Crippen LogP contribution in [-0.2, 0) is 0 Å². The standard InChI is InChI=1S/C14H11Br2NO3/c15-12-4-3-11(20-12)13(16)8-1-2-10-9(7-8)14(18)17-5-6-19-10/h1-4,7,13H,5-6H2,(H,17,18). The highest BCUT2D eigenvalue weighted by atomic mass is 79.9. The molecule has 1 unspecified atom stereocenters. The first-order valence-corrected chi connectivity index (χ1v) is 7.80. The van der Waals surface area contributed by atoms with E-state index in [1.807, 2.05) is 30.3 Å². The Bertz CT molecular complexity index is 654. The molecular formula is C14H11Br2NO3. The molecule has 0 aliphatic carbocycles. The fraction of sp³-hybridized carbons (Fsp3) is 0.214. The number of nitrogens with one attached hydrogen (secondary N) is 1. The molecule has 1 aliphatic rings. The molecule has 0 saturated carbocycles. The van der Waals surface area contributed by atoms with E-state index in [2.05, 4.69) is 37.2 Å². The Labute approximate surface area is 132 Å². The Balaban J connectivity index is 1.97. The minimum Gasteiger partial charge on any atom is -0.491 e. The zero-order valence-corrected chi connectivity index (χ0v) is 13.5. The maximum absolute atomic E-state index is 12.0. The van der Waals surface area contributed by atoms with Crippen LogP contribution >= 0.6 is 31.9 Å². The van der Waals surface area contributed by atoms with Crippen molar-refractivity contribution in [1.29, 1.82) is 0 Å². The van der Waals surface area contributed by atoms with Crippen molar-refractivity contribution < 1.29 is 13.9 Å². The number of hydrogen-bond acceptors (Lipinski definition) is 3. The van der Waals surface area contributed by atoms with E-state index in [0.717, 1.165) is 11.3 Å². The van der Waals surface area contributed by atoms with Crippen molar-refractivity contribution in [1.82, 2.24) is 5.32 Å². The first-order chi connectivity index (χ1) is 9.65. The van der Waals surface area contributed by atoms with Crippen molar-refractivity contribution in [3.05, 3.63) is 51.9 Å². The Hall–Kier alpha value is -1.27. The van der Waals surface area contributed by atoms with Crippen molar-refractivity contribution in [2.24, 2.45) is 0 Å². The molecule has 20 heavy (non-hydrogen) atoms. The lowest BCUT2D eigenvalue weighted by Crippen LogP contribution is -2.24. The summed E-state index contributed by atoms with van der Waals surface area (Å²) in [5.74, 6) is 1.27. The highest BCUT2D eigenvalue weighted by Gasteiger charge is 2.20. The molecule has 1 N–H and O–H groups in total. The van der Waals surface area contributed by atoms with Crippen molar-refractivity contribution in [2.45, 2.75) is 4.83 Å². The third-order valence-electron chi connectivity index (χ3n) is 3.03. The molecule has 0 spiro atoms. The molecule has 0 saturated heterocycles. The van der Waals surface area contributed by atoms with Gasteiger partial charge in [0.05, 0.1) is 16.9 Å². The van der Waals surface area contributed by atoms with Gasteiger partial charge in [-0.15, -0.1) is 0 Å². The summed E-state index contributed by atoms with van der Waals surface area (Å²) >= 11 is 6.87. The highest BCUT2D eigenvalue weighted by molar-refractivity contribution is 9.10. The van der Waals surface area contributed by atoms with E-state index in [0.29, 0.717) is 29.1 Å². The number of alkyl halides is 1. The number of halogens is 2. The van der Waals surface area contributed by atoms with Crippen LogP contribution < -0.4 is 10.1 Å². The van der Waals surface area contributed by atoms with Crippen LogP contribution in [0.15, 0.2) is 39.4 Å². The Kier molecular flexibility index (Phi) is 3.85. The average Bonchev–Trinajstić information content (AvgIpc) is 2.80. The van der Waals surface area contributed by atoms with Gasteiger partial charge in [-0.25, -0.2) is 0 Å². The molecule has 6 heteroatoms. The number of carbonyl (C=O) groups excluding carboxylic acids is 1. The fourth-order valence-corrected chi connectivity index (χ4v) is 2.91. The van der Waals surface area contributed by atoms with E-state index in [1.54, 1.807) is 0 Å². The molecule has 2 aromatic rings. The predicted octanol–water partition coefficient (Wildman–Crippen LogP) is 3.65. The second kappa shape index (κ2) is 5.61. The number of carbonyl (C=O) groups is 1. The minimum atomic E-state index is -0.116. The first kappa shape index (κ1) is 13.7. The zero-order chi connectivity index (χ0) is 14.1. The van der Waals surface area contributed by atoms with Gasteiger partial charge in [0.2, 0.25) is 0 Å². The molecule has 2 heterocycles. The third kappa shape index (κ3) is 2.62. The van der Waals surface area contributed by atoms with Crippen LogP contribution in [0, 0.1) is 0 Å². The molecule has 0 fully saturated rings. The number of ether oxygens (including phenoxy) is 1. The lowest BCUT2D eigenvalue weighted by Gasteiger charge is -2.11. The van der Waals surface area contributed by atoms with Gasteiger partial charge in [0.1, 0.15) is 18.1 Å². The summed E-state index contributed by atoms with van der Waals surface area (Å²) in [5.41, 5.74) is 1.49. The molecule has 1 aromatic heterocycles. The van der Waals surface area contributed by atoms with Gasteiger partial charge in [0.15, 0.2) is 4.67 Å². The molecule has 1 aromatic carbocycles. The van der Waals surface area contributed by atoms with Crippen LogP contribution in [0.3, 0.4) is 0 Å². The molecule has 3 rings (SSSR count). The summed E-state index contributed by atoms with van der Waals surface area (Å²) in [6.45, 7) is 1.01. The quantitative estimate of drug-likeness (QED) is 0.782. The van der Waals surface area contributed by atoms with Crippen LogP contribution in [0.5, 0.6) is 5.75 Å². The summed E-state index contributed by atoms with van der Waals surface area (Å²) in [6.07, 6.45) is 0. The van der Waals surface area contributed by atoms with E-state index >= 15 is 0 Å². The van der Waals surface area contributed by atoms with Crippen molar-refractivity contribution in [2.75, 3.05) is 13.2 Å². The SMILES string of the molecule is O=C1NCCOc2ccc(C(Br)c3ccc(Br)o3)cc21. The molecule has 0 bridgehead atoms. The van der Waals surface area contributed by atoms with Crippen molar-refractivity contribution in [3.63, 3.8) is 0 Å². The highest BCUT2D eigenvalue weighted by Crippen LogP contribution is 2.35. The van der Waals surface area contributed by atoms with E-state index in [4.69, 9.17) is 9.15 Å². The molecule has 1 amide bonds. The number of rotatable bonds is 2. The lowest BCUT2D eigenvalue weighted by molar-refractivity contribution is 0.0957. The third-order valence-corrected chi connectivity index (χ3v) is 4.44. The number of fused-ring (bicyclic) bond motifs is 1. The van der Waals surface area contributed by atoms with E-state index < -0.39 is 0 Å². The smallest absolute Gasteiger partial charge is 0.255 e. The van der Waals surface area contributed by atoms with Crippen LogP contribution in [0.1, 0.15) is 26.5 Å². The van der Waals surface area contributed by atoms with E-state index in [1.165, 1.54) is 0 Å². The number of furan rings is 1. The second-order valence-corrected chi connectivity index (χ2v) is 6.06. The zero-order valence-electron chi connectivity index (χ0n) is 10.4. The van der Waals surface area contributed by atoms with Gasteiger partial charge in [-0.1, -0.05) is 22.0 Å². The summed E-state index contributed by atoms with van der Waals surface area (Å²) in [5, 5.41) is 2.80. The molecule has 1 atom stereocenters. The van der Waals surface area contributed by atoms with Gasteiger partial charge in [-0.2, -0.15) is 0 Å². The van der Waals surface area contributed by atoms with Gasteiger partial charge in [-0.3, -0.25) is 4.79 Å². The predicted molar refractivity (Wildman–Crippen MR) is 81.4 cm³/mol. The maximum atomic E-state index is 12.0. The monoisotopic (exact) mass is 399 g/mol. The average molecular weight is 401 g/mol. The summed E-state index contributed by atoms with van der Waals surface area (Å²) in [6, 6.07) is 9.29. The molecule has 104 valence electrons. The normalized spacial score (nSPS) is 15.8. The van der Waals surface area contributed by atoms with E-state index in [9.17, 15) is 4.79 Å². The van der Waals surface area contributed by atoms with Crippen LogP contribution in [0.2, 0.25) is 0 Å². The summed E-state index contributed by atoms with van der Waals surface area (Å²) in [7, 11) is 0. The first-order valence-electron chi connectivity index (χ1n) is 6.09. The maximum Gasteiger partial charge on any atom is 0.255 e. The number of hydrogen-bond donors (Lipinski definition) is 1. The number of amides is 1. The minimum absolute atomic E-state index is 0.111. The van der Waals surface area contributed by atoms with Crippen molar-refractivity contribution >= 4 is 37.8 Å². The summed E-state index contributed by atoms with van der Waals surface area (Å²) in [4.78, 5) is 11.9. The molecular weight excluding hydrogens is 390 g/mol. The molecule has 0 radical (unpaired) electrons. The molecule has 1 aliphatic heterocycles. The Morgan fingerprint density at radius 3 is 2.85 bits per heavy atom. The van der Waals surface area contributed by atoms with Gasteiger partial charge < -0.3 is 14.5 Å². The number of benzene rings is 1. The summed E-state index contributed by atoms with van der Waals surface area (Å²) < 4.78 is 11.7. The Morgan fingerprint density at radius 2 is 2.10 bits per heavy atom. The van der Waals surface area contributed by atoms with E-state index in [-0.39, 0.29) is 10.7 Å². The topological polar surface area (TPSA) is 51.5 Å². The van der Waals surface area contributed by atoms with Crippen molar-refractivity contribution in [3.8, 4) is 5.75 Å². The van der Waals surface area contributed by atoms with Gasteiger partial charge in [0.25, 0.3) is 5.91 Å². The van der Waals surface area contributed by atoms with Gasteiger partial charge >= 0.3 is 0 Å². The van der Waals surface area contributed by atoms with Crippen LogP contribution in [-0.4, -0.2) is 19.1 Å².